The number of hydrogen-bond acceptors (Lipinski definition) is 7. The van der Waals surface area contributed by atoms with Gasteiger partial charge in [-0.1, -0.05) is 0 Å². The minimum Gasteiger partial charge on any atom is -0.381 e. The van der Waals surface area contributed by atoms with Crippen LogP contribution in [0.3, 0.4) is 0 Å². The summed E-state index contributed by atoms with van der Waals surface area (Å²) in [4.78, 5) is 12.7. The van der Waals surface area contributed by atoms with Crippen molar-refractivity contribution in [2.45, 2.75) is 18.5 Å². The molecule has 0 radical (unpaired) electrons. The number of aromatic nitrogens is 4. The zero-order valence-corrected chi connectivity index (χ0v) is 12.6. The summed E-state index contributed by atoms with van der Waals surface area (Å²) >= 11 is 1.31. The molecule has 3 aromatic rings. The number of nitrogen functional groups attached to an aromatic ring is 1. The van der Waals surface area contributed by atoms with Crippen molar-refractivity contribution >= 4 is 32.1 Å². The average Bonchev–Trinajstić information content (AvgIpc) is 2.97. The van der Waals surface area contributed by atoms with Gasteiger partial charge in [0.05, 0.1) is 24.1 Å². The highest BCUT2D eigenvalue weighted by molar-refractivity contribution is 7.89. The lowest BCUT2D eigenvalue weighted by Gasteiger charge is -2.06. The van der Waals surface area contributed by atoms with Gasteiger partial charge in [-0.3, -0.25) is 14.4 Å². The van der Waals surface area contributed by atoms with E-state index in [1.54, 1.807) is 24.7 Å². The molecule has 8 nitrogen and oxygen atoms in total. The molecule has 3 rings (SSSR count). The van der Waals surface area contributed by atoms with Crippen LogP contribution in [0, 0.1) is 6.92 Å². The quantitative estimate of drug-likeness (QED) is 0.724. The summed E-state index contributed by atoms with van der Waals surface area (Å²) in [5, 5.41) is 1.69. The molecule has 0 bridgehead atoms. The van der Waals surface area contributed by atoms with Crippen LogP contribution in [0.25, 0.3) is 4.96 Å². The fourth-order valence-electron chi connectivity index (χ4n) is 1.80. The minimum atomic E-state index is -3.79. The molecule has 10 heteroatoms. The molecule has 0 amide bonds. The van der Waals surface area contributed by atoms with E-state index in [0.29, 0.717) is 10.7 Å². The fraction of sp³-hybridized carbons (Fsp3) is 0.182. The predicted molar refractivity (Wildman–Crippen MR) is 78.3 cm³/mol. The molecule has 21 heavy (non-hydrogen) atoms. The molecule has 0 spiro atoms. The van der Waals surface area contributed by atoms with Crippen molar-refractivity contribution in [3.05, 3.63) is 35.4 Å². The van der Waals surface area contributed by atoms with Crippen molar-refractivity contribution in [3.8, 4) is 0 Å². The Balaban J connectivity index is 1.88. The van der Waals surface area contributed by atoms with E-state index in [0.717, 1.165) is 5.69 Å². The predicted octanol–water partition coefficient (Wildman–Crippen LogP) is 0.555. The molecule has 0 aromatic carbocycles. The number of aryl methyl sites for hydroxylation is 1. The SMILES string of the molecule is Cc1cnc(CNS(=O)(=O)c2c(N)nc3sccn23)cn1. The van der Waals surface area contributed by atoms with E-state index in [2.05, 4.69) is 19.7 Å². The maximum absolute atomic E-state index is 12.4. The molecular weight excluding hydrogens is 312 g/mol. The number of hydrogen-bond donors (Lipinski definition) is 2. The van der Waals surface area contributed by atoms with Crippen LogP contribution in [0.4, 0.5) is 5.82 Å². The minimum absolute atomic E-state index is 0.0238. The number of fused-ring (bicyclic) bond motifs is 1. The lowest BCUT2D eigenvalue weighted by molar-refractivity contribution is 0.576. The van der Waals surface area contributed by atoms with Crippen molar-refractivity contribution in [2.75, 3.05) is 5.73 Å². The first-order valence-electron chi connectivity index (χ1n) is 5.95. The van der Waals surface area contributed by atoms with Crippen molar-refractivity contribution in [1.82, 2.24) is 24.1 Å². The van der Waals surface area contributed by atoms with Crippen LogP contribution in [-0.2, 0) is 16.6 Å². The topological polar surface area (TPSA) is 115 Å². The summed E-state index contributed by atoms with van der Waals surface area (Å²) in [6.45, 7) is 1.84. The standard InChI is InChI=1S/C11H12N6O2S2/c1-7-4-14-8(5-13-7)6-15-21(18,19)10-9(12)16-11-17(10)2-3-20-11/h2-5,15H,6,12H2,1H3. The van der Waals surface area contributed by atoms with E-state index in [-0.39, 0.29) is 17.4 Å². The van der Waals surface area contributed by atoms with Crippen LogP contribution >= 0.6 is 11.3 Å². The van der Waals surface area contributed by atoms with Gasteiger partial charge in [-0.2, -0.15) is 0 Å². The van der Waals surface area contributed by atoms with Crippen LogP contribution in [-0.4, -0.2) is 27.8 Å². The van der Waals surface area contributed by atoms with Gasteiger partial charge >= 0.3 is 0 Å². The number of sulfonamides is 1. The summed E-state index contributed by atoms with van der Waals surface area (Å²) in [5.74, 6) is -0.0238. The fourth-order valence-corrected chi connectivity index (χ4v) is 3.78. The Morgan fingerprint density at radius 2 is 2.19 bits per heavy atom. The molecular formula is C11H12N6O2S2. The Morgan fingerprint density at radius 3 is 2.90 bits per heavy atom. The average molecular weight is 324 g/mol. The number of nitrogens with one attached hydrogen (secondary N) is 1. The van der Waals surface area contributed by atoms with Gasteiger partial charge in [-0.25, -0.2) is 18.1 Å². The second kappa shape index (κ2) is 5.06. The zero-order valence-electron chi connectivity index (χ0n) is 11.0. The Hall–Kier alpha value is -2.04. The molecule has 3 heterocycles. The van der Waals surface area contributed by atoms with Crippen molar-refractivity contribution in [1.29, 1.82) is 0 Å². The molecule has 0 fully saturated rings. The number of thiazole rings is 1. The molecule has 0 saturated heterocycles. The van der Waals surface area contributed by atoms with E-state index in [9.17, 15) is 8.42 Å². The number of rotatable bonds is 4. The monoisotopic (exact) mass is 324 g/mol. The van der Waals surface area contributed by atoms with Crippen LogP contribution < -0.4 is 10.5 Å². The molecule has 0 aliphatic heterocycles. The van der Waals surface area contributed by atoms with Gasteiger partial charge in [0.2, 0.25) is 0 Å². The van der Waals surface area contributed by atoms with Gasteiger partial charge in [0.25, 0.3) is 10.0 Å². The highest BCUT2D eigenvalue weighted by Gasteiger charge is 2.24. The van der Waals surface area contributed by atoms with Crippen molar-refractivity contribution < 1.29 is 8.42 Å². The van der Waals surface area contributed by atoms with Gasteiger partial charge in [0.15, 0.2) is 15.8 Å². The lowest BCUT2D eigenvalue weighted by Crippen LogP contribution is -2.25. The van der Waals surface area contributed by atoms with Gasteiger partial charge in [-0.05, 0) is 6.92 Å². The van der Waals surface area contributed by atoms with E-state index in [1.165, 1.54) is 21.9 Å². The van der Waals surface area contributed by atoms with E-state index in [4.69, 9.17) is 5.73 Å². The Kier molecular flexibility index (Phi) is 3.35. The number of anilines is 1. The maximum atomic E-state index is 12.4. The second-order valence-electron chi connectivity index (χ2n) is 4.33. The van der Waals surface area contributed by atoms with Crippen molar-refractivity contribution in [2.24, 2.45) is 0 Å². The van der Waals surface area contributed by atoms with E-state index >= 15 is 0 Å². The van der Waals surface area contributed by atoms with Gasteiger partial charge < -0.3 is 5.73 Å². The summed E-state index contributed by atoms with van der Waals surface area (Å²) in [6, 6.07) is 0. The molecule has 110 valence electrons. The highest BCUT2D eigenvalue weighted by Crippen LogP contribution is 2.23. The first-order valence-corrected chi connectivity index (χ1v) is 8.32. The molecule has 3 N–H and O–H groups in total. The van der Waals surface area contributed by atoms with Crippen LogP contribution in [0.1, 0.15) is 11.4 Å². The Bertz CT molecular complexity index is 881. The number of imidazole rings is 1. The Morgan fingerprint density at radius 1 is 1.38 bits per heavy atom. The number of nitrogens with zero attached hydrogens (tertiary/aromatic N) is 4. The van der Waals surface area contributed by atoms with E-state index < -0.39 is 10.0 Å². The molecule has 0 saturated carbocycles. The summed E-state index contributed by atoms with van der Waals surface area (Å²) in [7, 11) is -3.79. The van der Waals surface area contributed by atoms with Crippen molar-refractivity contribution in [3.63, 3.8) is 0 Å². The normalized spacial score (nSPS) is 12.0. The molecule has 0 unspecified atom stereocenters. The Labute approximate surface area is 124 Å². The lowest BCUT2D eigenvalue weighted by atomic mass is 10.4. The molecule has 0 atom stereocenters. The van der Waals surface area contributed by atoms with Gasteiger partial charge in [0, 0.05) is 17.8 Å². The largest absolute Gasteiger partial charge is 0.381 e. The number of nitrogens with two attached hydrogens (primary N) is 1. The van der Waals surface area contributed by atoms with Crippen LogP contribution in [0.2, 0.25) is 0 Å². The van der Waals surface area contributed by atoms with Gasteiger partial charge in [0.1, 0.15) is 0 Å². The molecule has 0 aliphatic rings. The van der Waals surface area contributed by atoms with Crippen LogP contribution in [0.5, 0.6) is 0 Å². The first kappa shape index (κ1) is 13.9. The third-order valence-corrected chi connectivity index (χ3v) is 4.97. The highest BCUT2D eigenvalue weighted by atomic mass is 32.2. The summed E-state index contributed by atoms with van der Waals surface area (Å²) in [5.41, 5.74) is 6.99. The third-order valence-electron chi connectivity index (χ3n) is 2.78. The molecule has 0 aliphatic carbocycles. The summed E-state index contributed by atoms with van der Waals surface area (Å²) < 4.78 is 28.6. The van der Waals surface area contributed by atoms with Gasteiger partial charge in [-0.15, -0.1) is 11.3 Å². The summed E-state index contributed by atoms with van der Waals surface area (Å²) in [6.07, 6.45) is 4.72. The first-order chi connectivity index (χ1) is 9.97. The van der Waals surface area contributed by atoms with Crippen LogP contribution in [0.15, 0.2) is 29.0 Å². The molecule has 3 aromatic heterocycles. The third kappa shape index (κ3) is 2.60. The smallest absolute Gasteiger partial charge is 0.260 e. The zero-order chi connectivity index (χ0) is 15.0. The second-order valence-corrected chi connectivity index (χ2v) is 6.89. The van der Waals surface area contributed by atoms with E-state index in [1.807, 2.05) is 0 Å². The maximum Gasteiger partial charge on any atom is 0.260 e.